The van der Waals surface area contributed by atoms with E-state index < -0.39 is 28.8 Å². The lowest BCUT2D eigenvalue weighted by Gasteiger charge is -2.48. The summed E-state index contributed by atoms with van der Waals surface area (Å²) in [4.78, 5) is 0. The standard InChI is InChI=1S/C24H46O4Si2/c1-23(2,3)29(7,8)27-21(17-11-13-19(25)15-17)22(18-12-14-20(26)16-18)28-30(9,10)24(4,5)6/h11-14,17-22,25-26H,15-16H2,1-10H3/t17?,18?,19-,20+,21-,22-/m0/s1. The van der Waals surface area contributed by atoms with Crippen LogP contribution in [0.2, 0.25) is 36.3 Å². The highest BCUT2D eigenvalue weighted by Crippen LogP contribution is 2.45. The summed E-state index contributed by atoms with van der Waals surface area (Å²) in [6.45, 7) is 22.7. The van der Waals surface area contributed by atoms with Gasteiger partial charge in [0.15, 0.2) is 16.6 Å². The maximum Gasteiger partial charge on any atom is 0.192 e. The average molecular weight is 455 g/mol. The Bertz CT molecular complexity index is 587. The van der Waals surface area contributed by atoms with Gasteiger partial charge in [-0.25, -0.2) is 0 Å². The summed E-state index contributed by atoms with van der Waals surface area (Å²) in [7, 11) is -4.15. The Morgan fingerprint density at radius 3 is 1.17 bits per heavy atom. The van der Waals surface area contributed by atoms with E-state index in [0.29, 0.717) is 12.8 Å². The molecule has 0 aromatic rings. The van der Waals surface area contributed by atoms with Gasteiger partial charge in [0.05, 0.1) is 24.4 Å². The lowest BCUT2D eigenvalue weighted by atomic mass is 9.88. The van der Waals surface area contributed by atoms with Crippen molar-refractivity contribution in [2.75, 3.05) is 0 Å². The summed E-state index contributed by atoms with van der Waals surface area (Å²) in [5.74, 6) is 0.241. The topological polar surface area (TPSA) is 58.9 Å². The Kier molecular flexibility index (Phi) is 7.76. The van der Waals surface area contributed by atoms with Crippen molar-refractivity contribution in [2.45, 2.75) is 115 Å². The molecule has 2 N–H and O–H groups in total. The van der Waals surface area contributed by atoms with Crippen molar-refractivity contribution in [3.63, 3.8) is 0 Å². The largest absolute Gasteiger partial charge is 0.411 e. The minimum atomic E-state index is -2.08. The maximum atomic E-state index is 10.2. The Hall–Kier alpha value is -0.246. The first-order chi connectivity index (χ1) is 13.4. The summed E-state index contributed by atoms with van der Waals surface area (Å²) in [6.07, 6.45) is 8.30. The van der Waals surface area contributed by atoms with Crippen LogP contribution in [0.4, 0.5) is 0 Å². The molecular weight excluding hydrogens is 408 g/mol. The molecule has 0 aliphatic heterocycles. The molecular formula is C24H46O4Si2. The molecule has 2 aliphatic rings. The van der Waals surface area contributed by atoms with Gasteiger partial charge < -0.3 is 19.1 Å². The van der Waals surface area contributed by atoms with E-state index in [2.05, 4.69) is 79.9 Å². The van der Waals surface area contributed by atoms with Gasteiger partial charge in [-0.2, -0.15) is 0 Å². The smallest absolute Gasteiger partial charge is 0.192 e. The summed E-state index contributed by atoms with van der Waals surface area (Å²) >= 11 is 0. The van der Waals surface area contributed by atoms with Gasteiger partial charge in [0.2, 0.25) is 0 Å². The second kappa shape index (κ2) is 8.95. The minimum Gasteiger partial charge on any atom is -0.411 e. The Morgan fingerprint density at radius 1 is 0.667 bits per heavy atom. The quantitative estimate of drug-likeness (QED) is 0.386. The Balaban J connectivity index is 2.46. The van der Waals surface area contributed by atoms with Gasteiger partial charge in [-0.1, -0.05) is 65.8 Å². The molecule has 0 saturated heterocycles. The van der Waals surface area contributed by atoms with Gasteiger partial charge in [0.25, 0.3) is 0 Å². The van der Waals surface area contributed by atoms with Gasteiger partial charge in [0, 0.05) is 11.8 Å². The molecule has 2 rings (SSSR count). The second-order valence-electron chi connectivity index (χ2n) is 12.4. The lowest BCUT2D eigenvalue weighted by Crippen LogP contribution is -2.55. The monoisotopic (exact) mass is 454 g/mol. The van der Waals surface area contributed by atoms with Crippen molar-refractivity contribution < 1.29 is 19.1 Å². The molecule has 0 fully saturated rings. The summed E-state index contributed by atoms with van der Waals surface area (Å²) < 4.78 is 14.1. The number of hydrogen-bond acceptors (Lipinski definition) is 4. The van der Waals surface area contributed by atoms with Crippen molar-refractivity contribution in [3.8, 4) is 0 Å². The van der Waals surface area contributed by atoms with E-state index >= 15 is 0 Å². The molecule has 6 atom stereocenters. The fourth-order valence-electron chi connectivity index (χ4n) is 3.73. The molecule has 4 nitrogen and oxygen atoms in total. The summed E-state index contributed by atoms with van der Waals surface area (Å²) in [5.41, 5.74) is 0. The zero-order valence-corrected chi connectivity index (χ0v) is 22.9. The van der Waals surface area contributed by atoms with Crippen LogP contribution >= 0.6 is 0 Å². The molecule has 0 spiro atoms. The molecule has 0 aromatic carbocycles. The van der Waals surface area contributed by atoms with Gasteiger partial charge in [-0.05, 0) is 49.1 Å². The van der Waals surface area contributed by atoms with Gasteiger partial charge in [-0.15, -0.1) is 0 Å². The van der Waals surface area contributed by atoms with Crippen LogP contribution < -0.4 is 0 Å². The minimum absolute atomic E-state index is 0.0821. The molecule has 0 heterocycles. The number of rotatable bonds is 7. The predicted molar refractivity (Wildman–Crippen MR) is 131 cm³/mol. The molecule has 174 valence electrons. The molecule has 0 bridgehead atoms. The Morgan fingerprint density at radius 2 is 0.967 bits per heavy atom. The third-order valence-electron chi connectivity index (χ3n) is 7.83. The number of aliphatic hydroxyl groups excluding tert-OH is 2. The average Bonchev–Trinajstić information content (AvgIpc) is 3.17. The van der Waals surface area contributed by atoms with E-state index in [1.807, 2.05) is 12.2 Å². The normalized spacial score (nSPS) is 30.1. The van der Waals surface area contributed by atoms with E-state index in [-0.39, 0.29) is 34.1 Å². The fourth-order valence-corrected chi connectivity index (χ4v) is 6.42. The SMILES string of the molecule is CC(C)(C)[Si](C)(C)O[C@@H](C1C=C[C@@H](O)C1)[C@@H](O[Si](C)(C)C(C)(C)C)C1C=C[C@H](O)C1. The first-order valence-corrected chi connectivity index (χ1v) is 17.3. The predicted octanol–water partition coefficient (Wildman–Crippen LogP) is 5.64. The van der Waals surface area contributed by atoms with Gasteiger partial charge in [0.1, 0.15) is 0 Å². The highest BCUT2D eigenvalue weighted by Gasteiger charge is 2.49. The van der Waals surface area contributed by atoms with E-state index in [1.54, 1.807) is 0 Å². The molecule has 0 saturated carbocycles. The van der Waals surface area contributed by atoms with Crippen LogP contribution in [-0.2, 0) is 8.85 Å². The molecule has 2 aliphatic carbocycles. The summed E-state index contributed by atoms with van der Waals surface area (Å²) in [5, 5.41) is 20.6. The second-order valence-corrected chi connectivity index (χ2v) is 21.9. The van der Waals surface area contributed by atoms with Crippen LogP contribution in [0.1, 0.15) is 54.4 Å². The van der Waals surface area contributed by atoms with E-state index in [4.69, 9.17) is 8.85 Å². The summed E-state index contributed by atoms with van der Waals surface area (Å²) in [6, 6.07) is 0. The van der Waals surface area contributed by atoms with E-state index in [9.17, 15) is 10.2 Å². The van der Waals surface area contributed by atoms with Gasteiger partial charge >= 0.3 is 0 Å². The van der Waals surface area contributed by atoms with Crippen molar-refractivity contribution in [3.05, 3.63) is 24.3 Å². The van der Waals surface area contributed by atoms with Crippen LogP contribution in [0.3, 0.4) is 0 Å². The molecule has 2 unspecified atom stereocenters. The van der Waals surface area contributed by atoms with Crippen LogP contribution in [0.5, 0.6) is 0 Å². The van der Waals surface area contributed by atoms with E-state index in [1.165, 1.54) is 0 Å². The van der Waals surface area contributed by atoms with Gasteiger partial charge in [-0.3, -0.25) is 0 Å². The van der Waals surface area contributed by atoms with E-state index in [0.717, 1.165) is 0 Å². The Labute approximate surface area is 187 Å². The maximum absolute atomic E-state index is 10.2. The number of aliphatic hydroxyl groups is 2. The molecule has 6 heteroatoms. The lowest BCUT2D eigenvalue weighted by molar-refractivity contribution is -0.0198. The van der Waals surface area contributed by atoms with Crippen LogP contribution in [0.25, 0.3) is 0 Å². The van der Waals surface area contributed by atoms with Crippen molar-refractivity contribution >= 4 is 16.6 Å². The molecule has 0 aromatic heterocycles. The zero-order chi connectivity index (χ0) is 23.1. The highest BCUT2D eigenvalue weighted by atomic mass is 28.4. The highest BCUT2D eigenvalue weighted by molar-refractivity contribution is 6.74. The van der Waals surface area contributed by atoms with Crippen molar-refractivity contribution in [1.29, 1.82) is 0 Å². The van der Waals surface area contributed by atoms with Crippen molar-refractivity contribution in [2.24, 2.45) is 11.8 Å². The first kappa shape index (κ1) is 26.0. The third-order valence-corrected chi connectivity index (χ3v) is 16.8. The van der Waals surface area contributed by atoms with Crippen LogP contribution in [-0.4, -0.2) is 51.3 Å². The number of hydrogen-bond donors (Lipinski definition) is 2. The third kappa shape index (κ3) is 5.96. The fraction of sp³-hybridized carbons (Fsp3) is 0.833. The first-order valence-electron chi connectivity index (χ1n) is 11.5. The zero-order valence-electron chi connectivity index (χ0n) is 20.9. The molecule has 0 amide bonds. The van der Waals surface area contributed by atoms with Crippen molar-refractivity contribution in [1.82, 2.24) is 0 Å². The molecule has 30 heavy (non-hydrogen) atoms. The van der Waals surface area contributed by atoms with Crippen LogP contribution in [0.15, 0.2) is 24.3 Å². The van der Waals surface area contributed by atoms with Crippen LogP contribution in [0, 0.1) is 11.8 Å². The molecule has 0 radical (unpaired) electrons.